The molecule has 1 N–H and O–H groups in total. The molecule has 0 radical (unpaired) electrons. The molecule has 0 fully saturated rings. The summed E-state index contributed by atoms with van der Waals surface area (Å²) in [5.74, 6) is 0.857. The van der Waals surface area contributed by atoms with Gasteiger partial charge in [0.05, 0.1) is 25.8 Å². The molecule has 0 aliphatic heterocycles. The quantitative estimate of drug-likeness (QED) is 0.0880. The van der Waals surface area contributed by atoms with Gasteiger partial charge in [-0.1, -0.05) is 102 Å². The van der Waals surface area contributed by atoms with E-state index in [1.807, 2.05) is 48.8 Å². The normalized spacial score (nSPS) is 11.2. The lowest BCUT2D eigenvalue weighted by Gasteiger charge is -2.22. The first kappa shape index (κ1) is 32.2. The number of amides is 1. The Kier molecular flexibility index (Phi) is 13.1. The van der Waals surface area contributed by atoms with Gasteiger partial charge < -0.3 is 9.64 Å². The number of aromatic nitrogens is 2. The number of ether oxygens (including phenoxy) is 1. The fourth-order valence-electron chi connectivity index (χ4n) is 5.66. The van der Waals surface area contributed by atoms with Gasteiger partial charge in [-0.15, -0.1) is 0 Å². The van der Waals surface area contributed by atoms with E-state index in [1.54, 1.807) is 17.9 Å². The van der Waals surface area contributed by atoms with E-state index in [1.165, 1.54) is 70.3 Å². The van der Waals surface area contributed by atoms with Gasteiger partial charge >= 0.3 is 0 Å². The van der Waals surface area contributed by atoms with Crippen molar-refractivity contribution in [1.82, 2.24) is 4.98 Å². The molecule has 6 heteroatoms. The van der Waals surface area contributed by atoms with Gasteiger partial charge in [0, 0.05) is 12.6 Å². The van der Waals surface area contributed by atoms with Crippen molar-refractivity contribution in [2.75, 3.05) is 11.5 Å². The van der Waals surface area contributed by atoms with E-state index in [9.17, 15) is 9.18 Å². The lowest BCUT2D eigenvalue weighted by atomic mass is 10.1. The minimum atomic E-state index is -0.385. The van der Waals surface area contributed by atoms with Crippen LogP contribution in [0.15, 0.2) is 73.1 Å². The van der Waals surface area contributed by atoms with Crippen molar-refractivity contribution in [1.29, 1.82) is 0 Å². The molecule has 2 aromatic carbocycles. The van der Waals surface area contributed by atoms with Crippen LogP contribution in [-0.2, 0) is 17.8 Å². The summed E-state index contributed by atoms with van der Waals surface area (Å²) in [6, 6.07) is 19.1. The number of carbonyl (C=O) groups excluding carboxylic acids is 1. The second-order valence-corrected chi connectivity index (χ2v) is 11.7. The highest BCUT2D eigenvalue weighted by Crippen LogP contribution is 2.24. The Morgan fingerprint density at radius 2 is 1.56 bits per heavy atom. The molecule has 5 nitrogen and oxygen atoms in total. The van der Waals surface area contributed by atoms with E-state index in [0.717, 1.165) is 41.0 Å². The van der Waals surface area contributed by atoms with E-state index >= 15 is 0 Å². The molecule has 1 amide bonds. The lowest BCUT2D eigenvalue weighted by molar-refractivity contribution is -0.520. The van der Waals surface area contributed by atoms with Crippen LogP contribution in [0.3, 0.4) is 0 Å². The smallest absolute Gasteiger partial charge is 0.263 e. The maximum atomic E-state index is 14.9. The summed E-state index contributed by atoms with van der Waals surface area (Å²) in [7, 11) is 0. The van der Waals surface area contributed by atoms with E-state index in [-0.39, 0.29) is 24.0 Å². The second-order valence-electron chi connectivity index (χ2n) is 11.7. The molecule has 0 aliphatic rings. The highest BCUT2D eigenvalue weighted by molar-refractivity contribution is 5.91. The van der Waals surface area contributed by atoms with Gasteiger partial charge in [0.2, 0.25) is 5.91 Å². The largest absolute Gasteiger partial charge is 0.491 e. The van der Waals surface area contributed by atoms with Crippen molar-refractivity contribution < 1.29 is 18.3 Å². The van der Waals surface area contributed by atoms with Crippen molar-refractivity contribution in [3.8, 4) is 5.75 Å². The summed E-state index contributed by atoms with van der Waals surface area (Å²) in [5, 5.41) is 0. The first-order valence-corrected chi connectivity index (χ1v) is 16.3. The van der Waals surface area contributed by atoms with Crippen LogP contribution in [0.2, 0.25) is 0 Å². The molecule has 0 aliphatic carbocycles. The summed E-state index contributed by atoms with van der Waals surface area (Å²) < 4.78 is 22.8. The predicted molar refractivity (Wildman–Crippen MR) is 173 cm³/mol. The molecule has 0 unspecified atom stereocenters. The molecule has 2 heterocycles. The predicted octanol–water partition coefficient (Wildman–Crippen LogP) is 9.12. The van der Waals surface area contributed by atoms with Gasteiger partial charge in [0.1, 0.15) is 6.20 Å². The number of imidazole rings is 1. The van der Waals surface area contributed by atoms with Gasteiger partial charge in [0.15, 0.2) is 17.1 Å². The number of aromatic amines is 1. The minimum Gasteiger partial charge on any atom is -0.491 e. The molecule has 0 bridgehead atoms. The number of halogens is 1. The van der Waals surface area contributed by atoms with Gasteiger partial charge in [-0.05, 0) is 53.9 Å². The number of hydrogen-bond donors (Lipinski definition) is 1. The molecule has 4 aromatic rings. The molecular weight excluding hydrogens is 537 g/mol. The number of anilines is 1. The lowest BCUT2D eigenvalue weighted by Crippen LogP contribution is -2.28. The van der Waals surface area contributed by atoms with Crippen molar-refractivity contribution in [2.24, 2.45) is 0 Å². The second kappa shape index (κ2) is 17.4. The number of pyridine rings is 1. The zero-order valence-corrected chi connectivity index (χ0v) is 26.1. The van der Waals surface area contributed by atoms with Crippen LogP contribution in [-0.4, -0.2) is 17.5 Å². The van der Waals surface area contributed by atoms with E-state index in [4.69, 9.17) is 4.74 Å². The van der Waals surface area contributed by atoms with E-state index in [0.29, 0.717) is 13.0 Å². The van der Waals surface area contributed by atoms with Crippen LogP contribution in [0.25, 0.3) is 5.52 Å². The number of unbranched alkanes of at least 4 members (excludes halogenated alkanes) is 11. The Balaban J connectivity index is 1.22. The SMILES string of the molecule is CCCCCCCCCCCCCCOc1ccc(CN(C(C)=O)c2cccc(Cc3[nH]cc4cccc[n+]34)c2)cc1F. The number of nitrogens with zero attached hydrogens (tertiary/aromatic N) is 2. The third kappa shape index (κ3) is 10.2. The van der Waals surface area contributed by atoms with Gasteiger partial charge in [-0.3, -0.25) is 4.79 Å². The number of rotatable bonds is 19. The molecule has 43 heavy (non-hydrogen) atoms. The standard InChI is InChI=1S/C37H48FN3O2/c1-3-4-5-6-7-8-9-10-11-12-13-16-24-43-36-22-21-32(26-35(36)38)29-41(30(2)42)33-20-17-18-31(25-33)27-37-39-28-34-19-14-15-23-40(34)37/h14-15,17-23,25-26,28H,3-13,16,24,27,29H2,1-2H3/p+1. The minimum absolute atomic E-state index is 0.0930. The number of hydrogen-bond acceptors (Lipinski definition) is 2. The zero-order valence-electron chi connectivity index (χ0n) is 26.1. The summed E-state index contributed by atoms with van der Waals surface area (Å²) in [5.41, 5.74) is 3.69. The molecule has 0 saturated heterocycles. The van der Waals surface area contributed by atoms with Crippen LogP contribution in [0, 0.1) is 5.82 Å². The average Bonchev–Trinajstić information content (AvgIpc) is 3.41. The number of fused-ring (bicyclic) bond motifs is 1. The Hall–Kier alpha value is -3.67. The first-order chi connectivity index (χ1) is 21.0. The van der Waals surface area contributed by atoms with Crippen LogP contribution >= 0.6 is 0 Å². The van der Waals surface area contributed by atoms with E-state index in [2.05, 4.69) is 28.4 Å². The third-order valence-corrected chi connectivity index (χ3v) is 8.14. The summed E-state index contributed by atoms with van der Waals surface area (Å²) in [6.45, 7) is 4.61. The average molecular weight is 587 g/mol. The van der Waals surface area contributed by atoms with Gasteiger partial charge in [-0.2, -0.15) is 4.40 Å². The van der Waals surface area contributed by atoms with Crippen LogP contribution in [0.1, 0.15) is 108 Å². The molecule has 0 spiro atoms. The van der Waals surface area contributed by atoms with E-state index < -0.39 is 0 Å². The molecular formula is C37H49FN3O2+. The number of nitrogens with one attached hydrogen (secondary N) is 1. The Morgan fingerprint density at radius 1 is 0.837 bits per heavy atom. The topological polar surface area (TPSA) is 49.4 Å². The number of carbonyl (C=O) groups is 1. The summed E-state index contributed by atoms with van der Waals surface area (Å²) >= 11 is 0. The maximum Gasteiger partial charge on any atom is 0.263 e. The van der Waals surface area contributed by atoms with Crippen LogP contribution in [0.5, 0.6) is 5.75 Å². The molecule has 4 rings (SSSR count). The van der Waals surface area contributed by atoms with Crippen molar-refractivity contribution in [3.05, 3.63) is 95.8 Å². The fourth-order valence-corrected chi connectivity index (χ4v) is 5.66. The van der Waals surface area contributed by atoms with Crippen molar-refractivity contribution >= 4 is 17.1 Å². The van der Waals surface area contributed by atoms with Crippen molar-refractivity contribution in [2.45, 2.75) is 104 Å². The first-order valence-electron chi connectivity index (χ1n) is 16.3. The summed E-state index contributed by atoms with van der Waals surface area (Å²) in [6.07, 6.45) is 20.1. The van der Waals surface area contributed by atoms with Crippen LogP contribution in [0.4, 0.5) is 10.1 Å². The number of H-pyrrole nitrogens is 1. The Labute approximate surface area is 257 Å². The monoisotopic (exact) mass is 586 g/mol. The van der Waals surface area contributed by atoms with Crippen molar-refractivity contribution in [3.63, 3.8) is 0 Å². The molecule has 0 atom stereocenters. The highest BCUT2D eigenvalue weighted by Gasteiger charge is 2.16. The third-order valence-electron chi connectivity index (χ3n) is 8.14. The highest BCUT2D eigenvalue weighted by atomic mass is 19.1. The Morgan fingerprint density at radius 3 is 2.26 bits per heavy atom. The Bertz CT molecular complexity index is 1420. The molecule has 2 aromatic heterocycles. The van der Waals surface area contributed by atoms with Gasteiger partial charge in [0.25, 0.3) is 5.82 Å². The number of benzene rings is 2. The molecule has 230 valence electrons. The summed E-state index contributed by atoms with van der Waals surface area (Å²) in [4.78, 5) is 17.7. The maximum absolute atomic E-state index is 14.9. The zero-order chi connectivity index (χ0) is 30.3. The fraction of sp³-hybridized carbons (Fsp3) is 0.459. The molecule has 0 saturated carbocycles. The van der Waals surface area contributed by atoms with Gasteiger partial charge in [-0.25, -0.2) is 9.37 Å². The van der Waals surface area contributed by atoms with Crippen LogP contribution < -0.4 is 14.0 Å².